The molecular weight excluding hydrogens is 170 g/mol. The number of hydrogen-bond acceptors (Lipinski definition) is 4. The van der Waals surface area contributed by atoms with Gasteiger partial charge in [-0.25, -0.2) is 0 Å². The maximum atomic E-state index is 11.3. The Balaban J connectivity index is 2.67. The third-order valence-electron chi connectivity index (χ3n) is 1.72. The summed E-state index contributed by atoms with van der Waals surface area (Å²) in [4.78, 5) is 11.3. The van der Waals surface area contributed by atoms with Gasteiger partial charge in [0.1, 0.15) is 6.61 Å². The largest absolute Gasteiger partial charge is 0.377 e. The molecule has 0 aliphatic carbocycles. The van der Waals surface area contributed by atoms with Crippen molar-refractivity contribution in [2.75, 3.05) is 13.7 Å². The monoisotopic (exact) mass is 183 g/mol. The minimum atomic E-state index is -0.631. The maximum Gasteiger partial charge on any atom is 0.179 e. The molecule has 13 heavy (non-hydrogen) atoms. The summed E-state index contributed by atoms with van der Waals surface area (Å²) in [7, 11) is 3.24. The second kappa shape index (κ2) is 4.15. The van der Waals surface area contributed by atoms with Crippen molar-refractivity contribution in [1.29, 1.82) is 0 Å². The zero-order chi connectivity index (χ0) is 9.84. The Morgan fingerprint density at radius 2 is 2.54 bits per heavy atom. The number of aromatic nitrogens is 2. The number of Topliss-reactive ketones (excluding diaryl/α,β-unsaturated/α-hetero) is 1. The van der Waals surface area contributed by atoms with Crippen molar-refractivity contribution in [3.05, 3.63) is 18.0 Å². The van der Waals surface area contributed by atoms with Gasteiger partial charge in [-0.2, -0.15) is 5.10 Å². The molecule has 1 aromatic heterocycles. The van der Waals surface area contributed by atoms with Crippen molar-refractivity contribution in [3.8, 4) is 0 Å². The van der Waals surface area contributed by atoms with Gasteiger partial charge in [0.25, 0.3) is 0 Å². The van der Waals surface area contributed by atoms with E-state index >= 15 is 0 Å². The van der Waals surface area contributed by atoms with Crippen molar-refractivity contribution < 1.29 is 9.53 Å². The Kier molecular flexibility index (Phi) is 3.16. The van der Waals surface area contributed by atoms with E-state index in [9.17, 15) is 4.79 Å². The molecule has 1 aromatic rings. The van der Waals surface area contributed by atoms with Crippen molar-refractivity contribution in [2.45, 2.75) is 6.04 Å². The summed E-state index contributed by atoms with van der Waals surface area (Å²) in [6.07, 6.45) is 3.30. The summed E-state index contributed by atoms with van der Waals surface area (Å²) in [6.45, 7) is 0.0378. The van der Waals surface area contributed by atoms with Gasteiger partial charge in [-0.05, 0) is 0 Å². The van der Waals surface area contributed by atoms with Crippen LogP contribution in [0.5, 0.6) is 0 Å². The van der Waals surface area contributed by atoms with Gasteiger partial charge in [0.2, 0.25) is 0 Å². The lowest BCUT2D eigenvalue weighted by Gasteiger charge is -2.06. The number of carbonyl (C=O) groups excluding carboxylic acids is 1. The van der Waals surface area contributed by atoms with E-state index in [0.717, 1.165) is 0 Å². The molecule has 0 radical (unpaired) electrons. The standard InChI is InChI=1S/C8H13N3O2/c1-11-4-6(3-10-11)8(9)7(12)5-13-2/h3-4,8H,5,9H2,1-2H3. The van der Waals surface area contributed by atoms with Crippen LogP contribution >= 0.6 is 0 Å². The first-order chi connectivity index (χ1) is 6.15. The molecule has 1 heterocycles. The lowest BCUT2D eigenvalue weighted by atomic mass is 10.1. The highest BCUT2D eigenvalue weighted by molar-refractivity contribution is 5.86. The first kappa shape index (κ1) is 9.88. The van der Waals surface area contributed by atoms with E-state index in [0.29, 0.717) is 5.56 Å². The predicted molar refractivity (Wildman–Crippen MR) is 47.0 cm³/mol. The highest BCUT2D eigenvalue weighted by atomic mass is 16.5. The van der Waals surface area contributed by atoms with Crippen LogP contribution in [0.2, 0.25) is 0 Å². The Labute approximate surface area is 76.5 Å². The highest BCUT2D eigenvalue weighted by Crippen LogP contribution is 2.09. The van der Waals surface area contributed by atoms with Crippen LogP contribution in [0.3, 0.4) is 0 Å². The molecule has 5 nitrogen and oxygen atoms in total. The number of nitrogens with two attached hydrogens (primary N) is 1. The molecule has 0 aromatic carbocycles. The molecule has 1 rings (SSSR count). The summed E-state index contributed by atoms with van der Waals surface area (Å²) in [5.41, 5.74) is 6.37. The maximum absolute atomic E-state index is 11.3. The van der Waals surface area contributed by atoms with Crippen LogP contribution < -0.4 is 5.73 Å². The zero-order valence-corrected chi connectivity index (χ0v) is 7.73. The van der Waals surface area contributed by atoms with Gasteiger partial charge in [0, 0.05) is 25.9 Å². The van der Waals surface area contributed by atoms with Crippen LogP contribution in [0.1, 0.15) is 11.6 Å². The molecule has 0 amide bonds. The van der Waals surface area contributed by atoms with Crippen LogP contribution in [0.4, 0.5) is 0 Å². The van der Waals surface area contributed by atoms with Crippen molar-refractivity contribution >= 4 is 5.78 Å². The Morgan fingerprint density at radius 3 is 3.00 bits per heavy atom. The van der Waals surface area contributed by atoms with Crippen LogP contribution in [-0.4, -0.2) is 29.3 Å². The molecule has 72 valence electrons. The molecule has 0 aliphatic heterocycles. The van der Waals surface area contributed by atoms with Crippen LogP contribution in [-0.2, 0) is 16.6 Å². The van der Waals surface area contributed by atoms with E-state index in [2.05, 4.69) is 5.10 Å². The molecule has 0 saturated heterocycles. The minimum absolute atomic E-state index is 0.0378. The molecule has 2 N–H and O–H groups in total. The molecule has 0 spiro atoms. The number of rotatable bonds is 4. The average Bonchev–Trinajstić information content (AvgIpc) is 2.51. The van der Waals surface area contributed by atoms with E-state index in [4.69, 9.17) is 10.5 Å². The van der Waals surface area contributed by atoms with Gasteiger partial charge in [-0.15, -0.1) is 0 Å². The van der Waals surface area contributed by atoms with Gasteiger partial charge in [0.05, 0.1) is 12.2 Å². The summed E-state index contributed by atoms with van der Waals surface area (Å²) in [6, 6.07) is -0.631. The van der Waals surface area contributed by atoms with E-state index in [1.165, 1.54) is 7.11 Å². The second-order valence-corrected chi connectivity index (χ2v) is 2.82. The van der Waals surface area contributed by atoms with E-state index in [1.807, 2.05) is 0 Å². The average molecular weight is 183 g/mol. The van der Waals surface area contributed by atoms with Gasteiger partial charge < -0.3 is 10.5 Å². The first-order valence-corrected chi connectivity index (χ1v) is 3.91. The number of hydrogen-bond donors (Lipinski definition) is 1. The topological polar surface area (TPSA) is 70.1 Å². The third kappa shape index (κ3) is 2.37. The third-order valence-corrected chi connectivity index (χ3v) is 1.72. The molecule has 0 aliphatic rings. The van der Waals surface area contributed by atoms with Crippen LogP contribution in [0.15, 0.2) is 12.4 Å². The van der Waals surface area contributed by atoms with Gasteiger partial charge >= 0.3 is 0 Å². The van der Waals surface area contributed by atoms with Crippen LogP contribution in [0, 0.1) is 0 Å². The number of nitrogens with zero attached hydrogens (tertiary/aromatic N) is 2. The Bertz CT molecular complexity index is 295. The number of methoxy groups -OCH3 is 1. The fraction of sp³-hybridized carbons (Fsp3) is 0.500. The molecule has 1 atom stereocenters. The van der Waals surface area contributed by atoms with Gasteiger partial charge in [-0.3, -0.25) is 9.48 Å². The smallest absolute Gasteiger partial charge is 0.179 e. The fourth-order valence-electron chi connectivity index (χ4n) is 1.02. The zero-order valence-electron chi connectivity index (χ0n) is 7.73. The lowest BCUT2D eigenvalue weighted by Crippen LogP contribution is -2.24. The number of aryl methyl sites for hydroxylation is 1. The second-order valence-electron chi connectivity index (χ2n) is 2.82. The highest BCUT2D eigenvalue weighted by Gasteiger charge is 2.16. The summed E-state index contributed by atoms with van der Waals surface area (Å²) < 4.78 is 6.30. The van der Waals surface area contributed by atoms with Crippen molar-refractivity contribution in [2.24, 2.45) is 12.8 Å². The van der Waals surface area contributed by atoms with Gasteiger partial charge in [0.15, 0.2) is 5.78 Å². The molecule has 0 saturated carbocycles. The molecule has 1 unspecified atom stereocenters. The van der Waals surface area contributed by atoms with E-state index in [-0.39, 0.29) is 12.4 Å². The normalized spacial score (nSPS) is 12.8. The molecule has 0 fully saturated rings. The minimum Gasteiger partial charge on any atom is -0.377 e. The lowest BCUT2D eigenvalue weighted by molar-refractivity contribution is -0.124. The Morgan fingerprint density at radius 1 is 1.85 bits per heavy atom. The fourth-order valence-corrected chi connectivity index (χ4v) is 1.02. The first-order valence-electron chi connectivity index (χ1n) is 3.91. The number of ether oxygens (including phenoxy) is 1. The van der Waals surface area contributed by atoms with Crippen molar-refractivity contribution in [3.63, 3.8) is 0 Å². The molecule has 0 bridgehead atoms. The predicted octanol–water partition coefficient (Wildman–Crippen LogP) is -0.365. The number of ketones is 1. The number of carbonyl (C=O) groups is 1. The van der Waals surface area contributed by atoms with Crippen molar-refractivity contribution in [1.82, 2.24) is 9.78 Å². The van der Waals surface area contributed by atoms with E-state index < -0.39 is 6.04 Å². The van der Waals surface area contributed by atoms with Gasteiger partial charge in [-0.1, -0.05) is 0 Å². The van der Waals surface area contributed by atoms with Crippen LogP contribution in [0.25, 0.3) is 0 Å². The summed E-state index contributed by atoms with van der Waals surface area (Å²) >= 11 is 0. The molecular formula is C8H13N3O2. The quantitative estimate of drug-likeness (QED) is 0.691. The summed E-state index contributed by atoms with van der Waals surface area (Å²) in [5.74, 6) is -0.143. The SMILES string of the molecule is COCC(=O)C(N)c1cnn(C)c1. The summed E-state index contributed by atoms with van der Waals surface area (Å²) in [5, 5.41) is 3.92. The molecule has 5 heteroatoms. The van der Waals surface area contributed by atoms with E-state index in [1.54, 1.807) is 24.1 Å². The Hall–Kier alpha value is -1.20.